The first-order chi connectivity index (χ1) is 8.29. The van der Waals surface area contributed by atoms with Gasteiger partial charge in [0.2, 0.25) is 11.8 Å². The van der Waals surface area contributed by atoms with Gasteiger partial charge in [0.1, 0.15) is 17.5 Å². The molecule has 2 heterocycles. The summed E-state index contributed by atoms with van der Waals surface area (Å²) in [5.74, 6) is -1.60. The van der Waals surface area contributed by atoms with Crippen molar-refractivity contribution in [3.8, 4) is 0 Å². The van der Waals surface area contributed by atoms with Gasteiger partial charge in [0, 0.05) is 4.75 Å². The predicted octanol–water partition coefficient (Wildman–Crippen LogP) is 0.0130. The van der Waals surface area contributed by atoms with E-state index in [1.807, 2.05) is 0 Å². The molecule has 2 amide bonds. The van der Waals surface area contributed by atoms with Gasteiger partial charge in [-0.25, -0.2) is 4.79 Å². The number of thioether (sulfide) groups is 1. The van der Waals surface area contributed by atoms with E-state index in [4.69, 9.17) is 0 Å². The van der Waals surface area contributed by atoms with Crippen LogP contribution in [0.3, 0.4) is 0 Å². The first kappa shape index (κ1) is 13.7. The zero-order chi connectivity index (χ0) is 13.7. The Morgan fingerprint density at radius 3 is 2.67 bits per heavy atom. The van der Waals surface area contributed by atoms with Gasteiger partial charge in [-0.1, -0.05) is 15.9 Å². The molecule has 2 aliphatic rings. The molecule has 3 atom stereocenters. The van der Waals surface area contributed by atoms with Crippen molar-refractivity contribution in [1.29, 1.82) is 0 Å². The van der Waals surface area contributed by atoms with Crippen molar-refractivity contribution in [2.75, 3.05) is 5.33 Å². The summed E-state index contributed by atoms with van der Waals surface area (Å²) in [5.41, 5.74) is 0. The van der Waals surface area contributed by atoms with Crippen molar-refractivity contribution >= 4 is 45.5 Å². The van der Waals surface area contributed by atoms with Gasteiger partial charge in [-0.15, -0.1) is 11.8 Å². The quantitative estimate of drug-likeness (QED) is 0.560. The minimum absolute atomic E-state index is 0.125. The number of rotatable bonds is 3. The molecular formula is C10H13BrN2O4S. The highest BCUT2D eigenvalue weighted by atomic mass is 79.9. The summed E-state index contributed by atoms with van der Waals surface area (Å²) in [6.45, 7) is 3.59. The standard InChI is InChI=1S/C10H13BrN2O4S/c1-10(2)6(9(16)17)13-7(15)5(8(13)18-10)12-4(14)3-11/h5-6,8H,3H2,1-2H3,(H,12,14)(H,16,17)/t5?,6-,8+/m0/s1. The normalized spacial score (nSPS) is 32.7. The maximum absolute atomic E-state index is 11.9. The van der Waals surface area contributed by atoms with Crippen LogP contribution in [0, 0.1) is 0 Å². The third-order valence-electron chi connectivity index (χ3n) is 3.11. The zero-order valence-electron chi connectivity index (χ0n) is 9.84. The average Bonchev–Trinajstić information content (AvgIpc) is 2.54. The summed E-state index contributed by atoms with van der Waals surface area (Å²) >= 11 is 4.42. The van der Waals surface area contributed by atoms with Gasteiger partial charge < -0.3 is 15.3 Å². The molecule has 0 radical (unpaired) electrons. The van der Waals surface area contributed by atoms with Crippen molar-refractivity contribution in [3.63, 3.8) is 0 Å². The first-order valence-corrected chi connectivity index (χ1v) is 7.38. The number of hydrogen-bond donors (Lipinski definition) is 2. The number of fused-ring (bicyclic) bond motifs is 1. The molecule has 18 heavy (non-hydrogen) atoms. The molecule has 2 aliphatic heterocycles. The number of carboxylic acids is 1. The molecule has 2 N–H and O–H groups in total. The van der Waals surface area contributed by atoms with Crippen molar-refractivity contribution in [2.24, 2.45) is 0 Å². The number of hydrogen-bond acceptors (Lipinski definition) is 4. The fourth-order valence-corrected chi connectivity index (χ4v) is 4.14. The molecule has 8 heteroatoms. The largest absolute Gasteiger partial charge is 0.480 e. The van der Waals surface area contributed by atoms with Crippen LogP contribution in [0.2, 0.25) is 0 Å². The molecule has 1 unspecified atom stereocenters. The monoisotopic (exact) mass is 336 g/mol. The number of carbonyl (C=O) groups excluding carboxylic acids is 2. The summed E-state index contributed by atoms with van der Waals surface area (Å²) < 4.78 is -0.556. The van der Waals surface area contributed by atoms with Crippen LogP contribution in [0.5, 0.6) is 0 Å². The van der Waals surface area contributed by atoms with Gasteiger partial charge in [-0.2, -0.15) is 0 Å². The predicted molar refractivity (Wildman–Crippen MR) is 69.5 cm³/mol. The Labute approximate surface area is 117 Å². The Morgan fingerprint density at radius 2 is 2.17 bits per heavy atom. The summed E-state index contributed by atoms with van der Waals surface area (Å²) in [5, 5.41) is 11.6. The highest BCUT2D eigenvalue weighted by molar-refractivity contribution is 9.09. The lowest BCUT2D eigenvalue weighted by Crippen LogP contribution is -2.70. The van der Waals surface area contributed by atoms with Gasteiger partial charge in [0.05, 0.1) is 5.33 Å². The van der Waals surface area contributed by atoms with Gasteiger partial charge in [0.15, 0.2) is 0 Å². The maximum Gasteiger partial charge on any atom is 0.327 e. The number of carbonyl (C=O) groups is 3. The smallest absolute Gasteiger partial charge is 0.327 e. The first-order valence-electron chi connectivity index (χ1n) is 5.37. The second kappa shape index (κ2) is 4.41. The summed E-state index contributed by atoms with van der Waals surface area (Å²) in [6, 6.07) is -1.44. The van der Waals surface area contributed by atoms with E-state index >= 15 is 0 Å². The molecule has 2 rings (SSSR count). The number of nitrogens with one attached hydrogen (secondary N) is 1. The minimum Gasteiger partial charge on any atom is -0.480 e. The van der Waals surface area contributed by atoms with Gasteiger partial charge in [0.25, 0.3) is 0 Å². The molecule has 0 aromatic rings. The van der Waals surface area contributed by atoms with E-state index in [1.54, 1.807) is 13.8 Å². The average molecular weight is 337 g/mol. The Kier molecular flexibility index (Phi) is 3.35. The summed E-state index contributed by atoms with van der Waals surface area (Å²) in [6.07, 6.45) is 0. The molecule has 2 fully saturated rings. The summed E-state index contributed by atoms with van der Waals surface area (Å²) in [7, 11) is 0. The van der Waals surface area contributed by atoms with E-state index in [9.17, 15) is 19.5 Å². The van der Waals surface area contributed by atoms with E-state index in [0.29, 0.717) is 0 Å². The molecule has 0 aromatic heterocycles. The Morgan fingerprint density at radius 1 is 1.56 bits per heavy atom. The van der Waals surface area contributed by atoms with Crippen LogP contribution in [0.15, 0.2) is 0 Å². The molecule has 6 nitrogen and oxygen atoms in total. The summed E-state index contributed by atoms with van der Waals surface area (Å²) in [4.78, 5) is 35.8. The van der Waals surface area contributed by atoms with Crippen LogP contribution >= 0.6 is 27.7 Å². The number of amides is 2. The van der Waals surface area contributed by atoms with E-state index < -0.39 is 22.8 Å². The van der Waals surface area contributed by atoms with Crippen molar-refractivity contribution in [1.82, 2.24) is 10.2 Å². The number of nitrogens with zero attached hydrogens (tertiary/aromatic N) is 1. The SMILES string of the molecule is CC1(C)S[C@@H]2C(NC(=O)CBr)C(=O)N2[C@H]1C(=O)O. The molecule has 0 bridgehead atoms. The molecule has 0 aliphatic carbocycles. The van der Waals surface area contributed by atoms with E-state index in [1.165, 1.54) is 16.7 Å². The lowest BCUT2D eigenvalue weighted by molar-refractivity contribution is -0.160. The van der Waals surface area contributed by atoms with E-state index in [2.05, 4.69) is 21.2 Å². The highest BCUT2D eigenvalue weighted by Gasteiger charge is 2.64. The van der Waals surface area contributed by atoms with Gasteiger partial charge >= 0.3 is 5.97 Å². The molecule has 100 valence electrons. The van der Waals surface area contributed by atoms with E-state index in [0.717, 1.165) is 0 Å². The Bertz CT molecular complexity index is 428. The number of β-lactam (4-membered cyclic amide) rings is 1. The van der Waals surface area contributed by atoms with Crippen LogP contribution in [-0.2, 0) is 14.4 Å². The van der Waals surface area contributed by atoms with Crippen LogP contribution in [0.4, 0.5) is 0 Å². The van der Waals surface area contributed by atoms with Crippen LogP contribution in [0.1, 0.15) is 13.8 Å². The van der Waals surface area contributed by atoms with Gasteiger partial charge in [-0.05, 0) is 13.8 Å². The fourth-order valence-electron chi connectivity index (χ4n) is 2.36. The number of halogens is 1. The fraction of sp³-hybridized carbons (Fsp3) is 0.700. The molecule has 0 saturated carbocycles. The number of alkyl halides is 1. The zero-order valence-corrected chi connectivity index (χ0v) is 12.2. The number of carboxylic acid groups (broad SMARTS) is 1. The second-order valence-electron chi connectivity index (χ2n) is 4.78. The lowest BCUT2D eigenvalue weighted by atomic mass is 9.96. The molecule has 2 saturated heterocycles. The van der Waals surface area contributed by atoms with Crippen molar-refractivity contribution < 1.29 is 19.5 Å². The molecule has 0 spiro atoms. The third-order valence-corrected chi connectivity index (χ3v) is 5.19. The number of aliphatic carboxylic acids is 1. The Balaban J connectivity index is 2.16. The van der Waals surface area contributed by atoms with Crippen molar-refractivity contribution in [2.45, 2.75) is 36.1 Å². The highest BCUT2D eigenvalue weighted by Crippen LogP contribution is 2.50. The van der Waals surface area contributed by atoms with Gasteiger partial charge in [-0.3, -0.25) is 9.59 Å². The molecular weight excluding hydrogens is 324 g/mol. The molecule has 0 aromatic carbocycles. The third kappa shape index (κ3) is 1.91. The van der Waals surface area contributed by atoms with Crippen LogP contribution in [-0.4, -0.2) is 55.3 Å². The van der Waals surface area contributed by atoms with Crippen LogP contribution in [0.25, 0.3) is 0 Å². The maximum atomic E-state index is 11.9. The van der Waals surface area contributed by atoms with Crippen molar-refractivity contribution in [3.05, 3.63) is 0 Å². The Hall–Kier alpha value is -0.760. The van der Waals surface area contributed by atoms with E-state index in [-0.39, 0.29) is 22.5 Å². The minimum atomic E-state index is -1.01. The lowest BCUT2D eigenvalue weighted by Gasteiger charge is -2.43. The van der Waals surface area contributed by atoms with Crippen LogP contribution < -0.4 is 5.32 Å². The topological polar surface area (TPSA) is 86.7 Å². The second-order valence-corrected chi connectivity index (χ2v) is 7.11.